The van der Waals surface area contributed by atoms with Crippen molar-refractivity contribution in [2.45, 2.75) is 58.9 Å². The number of nitrogens with two attached hydrogens (primary N) is 1. The van der Waals surface area contributed by atoms with E-state index in [4.69, 9.17) is 5.73 Å². The number of H-pyrrole nitrogens is 1. The number of nitrogen functional groups attached to an aromatic ring is 1. The van der Waals surface area contributed by atoms with Crippen LogP contribution in [0.5, 0.6) is 0 Å². The summed E-state index contributed by atoms with van der Waals surface area (Å²) in [5, 5.41) is 9.89. The standard InChI is InChI=1S/C13H24N4O/c1-5-9-10(14)11(17-16-9)12(18)15-13(6-2,7-3)8-4/h5-8,14H2,1-4H3,(H,15,18)(H,16,17). The Morgan fingerprint density at radius 3 is 2.22 bits per heavy atom. The van der Waals surface area contributed by atoms with E-state index in [1.165, 1.54) is 0 Å². The third kappa shape index (κ3) is 2.66. The van der Waals surface area contributed by atoms with Crippen LogP contribution in [0.4, 0.5) is 5.69 Å². The first-order valence-corrected chi connectivity index (χ1v) is 6.68. The van der Waals surface area contributed by atoms with Crippen molar-refractivity contribution in [1.29, 1.82) is 0 Å². The molecule has 0 aliphatic carbocycles. The van der Waals surface area contributed by atoms with Crippen molar-refractivity contribution < 1.29 is 4.79 Å². The summed E-state index contributed by atoms with van der Waals surface area (Å²) in [5.74, 6) is -0.186. The summed E-state index contributed by atoms with van der Waals surface area (Å²) >= 11 is 0. The molecule has 1 aromatic rings. The van der Waals surface area contributed by atoms with E-state index >= 15 is 0 Å². The molecule has 0 aliphatic heterocycles. The van der Waals surface area contributed by atoms with E-state index in [1.807, 2.05) is 6.92 Å². The fourth-order valence-electron chi connectivity index (χ4n) is 2.14. The summed E-state index contributed by atoms with van der Waals surface area (Å²) in [6, 6.07) is 0. The smallest absolute Gasteiger partial charge is 0.274 e. The van der Waals surface area contributed by atoms with Gasteiger partial charge in [0.15, 0.2) is 5.69 Å². The molecule has 0 saturated heterocycles. The van der Waals surface area contributed by atoms with Crippen molar-refractivity contribution in [2.24, 2.45) is 0 Å². The number of nitrogens with zero attached hydrogens (tertiary/aromatic N) is 1. The lowest BCUT2D eigenvalue weighted by Crippen LogP contribution is -2.47. The summed E-state index contributed by atoms with van der Waals surface area (Å²) in [5.41, 5.74) is 7.34. The first kappa shape index (κ1) is 14.5. The van der Waals surface area contributed by atoms with Crippen LogP contribution in [0, 0.1) is 0 Å². The van der Waals surface area contributed by atoms with Gasteiger partial charge in [-0.15, -0.1) is 0 Å². The fourth-order valence-corrected chi connectivity index (χ4v) is 2.14. The molecule has 5 nitrogen and oxygen atoms in total. The molecule has 0 unspecified atom stereocenters. The lowest BCUT2D eigenvalue weighted by atomic mass is 9.89. The number of rotatable bonds is 6. The monoisotopic (exact) mass is 252 g/mol. The van der Waals surface area contributed by atoms with E-state index in [-0.39, 0.29) is 11.4 Å². The first-order valence-electron chi connectivity index (χ1n) is 6.68. The molecule has 1 heterocycles. The van der Waals surface area contributed by atoms with Gasteiger partial charge in [-0.2, -0.15) is 5.10 Å². The van der Waals surface area contributed by atoms with Crippen LogP contribution in [-0.4, -0.2) is 21.6 Å². The molecule has 5 heteroatoms. The molecule has 1 amide bonds. The summed E-state index contributed by atoms with van der Waals surface area (Å²) in [6.45, 7) is 8.22. The van der Waals surface area contributed by atoms with Crippen LogP contribution in [-0.2, 0) is 6.42 Å². The van der Waals surface area contributed by atoms with Crippen molar-refractivity contribution in [2.75, 3.05) is 5.73 Å². The maximum absolute atomic E-state index is 12.2. The molecule has 1 rings (SSSR count). The third-order valence-electron chi connectivity index (χ3n) is 3.86. The van der Waals surface area contributed by atoms with Gasteiger partial charge in [-0.25, -0.2) is 0 Å². The highest BCUT2D eigenvalue weighted by Crippen LogP contribution is 2.21. The predicted molar refractivity (Wildman–Crippen MR) is 73.4 cm³/mol. The van der Waals surface area contributed by atoms with Crippen LogP contribution in [0.1, 0.15) is 63.1 Å². The number of nitrogens with one attached hydrogen (secondary N) is 2. The summed E-state index contributed by atoms with van der Waals surface area (Å²) < 4.78 is 0. The van der Waals surface area contributed by atoms with Gasteiger partial charge in [0.2, 0.25) is 0 Å². The number of hydrogen-bond donors (Lipinski definition) is 3. The molecule has 1 aromatic heterocycles. The first-order chi connectivity index (χ1) is 8.53. The van der Waals surface area contributed by atoms with Gasteiger partial charge in [0.25, 0.3) is 5.91 Å². The Hall–Kier alpha value is -1.52. The van der Waals surface area contributed by atoms with Crippen molar-refractivity contribution in [1.82, 2.24) is 15.5 Å². The highest BCUT2D eigenvalue weighted by molar-refractivity contribution is 5.98. The molecule has 4 N–H and O–H groups in total. The lowest BCUT2D eigenvalue weighted by Gasteiger charge is -2.31. The molecule has 18 heavy (non-hydrogen) atoms. The van der Waals surface area contributed by atoms with Crippen LogP contribution in [0.3, 0.4) is 0 Å². The number of carbonyl (C=O) groups is 1. The molecule has 0 saturated carbocycles. The van der Waals surface area contributed by atoms with Crippen molar-refractivity contribution >= 4 is 11.6 Å². The van der Waals surface area contributed by atoms with Crippen molar-refractivity contribution in [3.05, 3.63) is 11.4 Å². The van der Waals surface area contributed by atoms with E-state index in [2.05, 4.69) is 36.3 Å². The Morgan fingerprint density at radius 1 is 1.28 bits per heavy atom. The number of aromatic nitrogens is 2. The van der Waals surface area contributed by atoms with Crippen LogP contribution in [0.15, 0.2) is 0 Å². The molecule has 0 bridgehead atoms. The highest BCUT2D eigenvalue weighted by atomic mass is 16.2. The molecule has 0 fully saturated rings. The Bertz CT molecular complexity index is 399. The second kappa shape index (κ2) is 5.89. The minimum absolute atomic E-state index is 0.158. The Labute approximate surface area is 109 Å². The zero-order valence-electron chi connectivity index (χ0n) is 11.8. The predicted octanol–water partition coefficient (Wildman–Crippen LogP) is 2.25. The van der Waals surface area contributed by atoms with Crippen LogP contribution >= 0.6 is 0 Å². The van der Waals surface area contributed by atoms with Gasteiger partial charge in [0.05, 0.1) is 11.4 Å². The van der Waals surface area contributed by atoms with Gasteiger partial charge in [0, 0.05) is 5.54 Å². The molecule has 0 radical (unpaired) electrons. The van der Waals surface area contributed by atoms with Crippen LogP contribution < -0.4 is 11.1 Å². The summed E-state index contributed by atoms with van der Waals surface area (Å²) in [7, 11) is 0. The molecule has 0 spiro atoms. The minimum Gasteiger partial charge on any atom is -0.395 e. The molecular formula is C13H24N4O. The van der Waals surface area contributed by atoms with E-state index in [0.717, 1.165) is 31.4 Å². The number of anilines is 1. The summed E-state index contributed by atoms with van der Waals surface area (Å²) in [4.78, 5) is 12.2. The van der Waals surface area contributed by atoms with Crippen molar-refractivity contribution in [3.63, 3.8) is 0 Å². The molecular weight excluding hydrogens is 228 g/mol. The zero-order valence-corrected chi connectivity index (χ0v) is 11.8. The summed E-state index contributed by atoms with van der Waals surface area (Å²) in [6.07, 6.45) is 3.44. The fraction of sp³-hybridized carbons (Fsp3) is 0.692. The van der Waals surface area contributed by atoms with Gasteiger partial charge in [-0.3, -0.25) is 9.89 Å². The quantitative estimate of drug-likeness (QED) is 0.726. The van der Waals surface area contributed by atoms with Crippen LogP contribution in [0.25, 0.3) is 0 Å². The number of aryl methyl sites for hydroxylation is 1. The second-order valence-corrected chi connectivity index (χ2v) is 4.61. The topological polar surface area (TPSA) is 83.8 Å². The average molecular weight is 252 g/mol. The van der Waals surface area contributed by atoms with Gasteiger partial charge in [0.1, 0.15) is 0 Å². The lowest BCUT2D eigenvalue weighted by molar-refractivity contribution is 0.0884. The minimum atomic E-state index is -0.186. The Kier molecular flexibility index (Phi) is 4.76. The molecule has 0 atom stereocenters. The maximum atomic E-state index is 12.2. The number of carbonyl (C=O) groups excluding carboxylic acids is 1. The van der Waals surface area contributed by atoms with E-state index in [1.54, 1.807) is 0 Å². The number of hydrogen-bond acceptors (Lipinski definition) is 3. The number of aromatic amines is 1. The average Bonchev–Trinajstić information content (AvgIpc) is 2.77. The number of amides is 1. The highest BCUT2D eigenvalue weighted by Gasteiger charge is 2.28. The largest absolute Gasteiger partial charge is 0.395 e. The van der Waals surface area contributed by atoms with Gasteiger partial charge in [-0.1, -0.05) is 27.7 Å². The zero-order chi connectivity index (χ0) is 13.8. The molecule has 0 aromatic carbocycles. The SMILES string of the molecule is CCc1[nH]nc(C(=O)NC(CC)(CC)CC)c1N. The van der Waals surface area contributed by atoms with Gasteiger partial charge >= 0.3 is 0 Å². The second-order valence-electron chi connectivity index (χ2n) is 4.61. The van der Waals surface area contributed by atoms with Gasteiger partial charge in [-0.05, 0) is 25.7 Å². The van der Waals surface area contributed by atoms with E-state index in [0.29, 0.717) is 11.4 Å². The Balaban J connectivity index is 2.90. The Morgan fingerprint density at radius 2 is 1.83 bits per heavy atom. The molecule has 102 valence electrons. The van der Waals surface area contributed by atoms with Crippen molar-refractivity contribution in [3.8, 4) is 0 Å². The molecule has 0 aliphatic rings. The van der Waals surface area contributed by atoms with Crippen LogP contribution in [0.2, 0.25) is 0 Å². The van der Waals surface area contributed by atoms with E-state index in [9.17, 15) is 4.79 Å². The maximum Gasteiger partial charge on any atom is 0.274 e. The van der Waals surface area contributed by atoms with E-state index < -0.39 is 0 Å². The normalized spacial score (nSPS) is 11.6. The third-order valence-corrected chi connectivity index (χ3v) is 3.86. The van der Waals surface area contributed by atoms with Gasteiger partial charge < -0.3 is 11.1 Å².